The van der Waals surface area contributed by atoms with Gasteiger partial charge in [-0.15, -0.1) is 0 Å². The molecule has 0 spiro atoms. The van der Waals surface area contributed by atoms with Gasteiger partial charge in [-0.3, -0.25) is 4.79 Å². The van der Waals surface area contributed by atoms with Gasteiger partial charge in [0, 0.05) is 10.0 Å². The Bertz CT molecular complexity index is 578. The fourth-order valence-electron chi connectivity index (χ4n) is 1.72. The van der Waals surface area contributed by atoms with Gasteiger partial charge in [-0.2, -0.15) is 0 Å². The maximum absolute atomic E-state index is 11.0. The molecule has 0 unspecified atom stereocenters. The molecule has 2 rings (SSSR count). The van der Waals surface area contributed by atoms with Crippen LogP contribution in [-0.2, 0) is 11.2 Å². The van der Waals surface area contributed by atoms with E-state index < -0.39 is 0 Å². The van der Waals surface area contributed by atoms with Crippen LogP contribution in [0.15, 0.2) is 28.9 Å². The predicted molar refractivity (Wildman–Crippen MR) is 72.7 cm³/mol. The first-order valence-electron chi connectivity index (χ1n) is 5.47. The first kappa shape index (κ1) is 12.8. The molecule has 94 valence electrons. The maximum Gasteiger partial charge on any atom is 0.137 e. The summed E-state index contributed by atoms with van der Waals surface area (Å²) in [4.78, 5) is 18.4. The molecule has 1 aromatic carbocycles. The Morgan fingerprint density at radius 3 is 2.94 bits per heavy atom. The van der Waals surface area contributed by atoms with Crippen LogP contribution in [0, 0.1) is 0 Å². The summed E-state index contributed by atoms with van der Waals surface area (Å²) in [5.74, 6) is 1.51. The Hall–Kier alpha value is -1.62. The molecule has 0 aliphatic carbocycles. The van der Waals surface area contributed by atoms with Crippen LogP contribution in [0.2, 0.25) is 0 Å². The number of imidazole rings is 1. The number of nitrogens with one attached hydrogen (secondary N) is 1. The number of hydrogen-bond donors (Lipinski definition) is 1. The second-order valence-corrected chi connectivity index (χ2v) is 4.88. The van der Waals surface area contributed by atoms with Crippen LogP contribution in [0.3, 0.4) is 0 Å². The van der Waals surface area contributed by atoms with Gasteiger partial charge in [0.05, 0.1) is 25.4 Å². The van der Waals surface area contributed by atoms with Crippen molar-refractivity contribution in [3.63, 3.8) is 0 Å². The number of methoxy groups -OCH3 is 1. The van der Waals surface area contributed by atoms with E-state index in [1.54, 1.807) is 20.2 Å². The number of hydrogen-bond acceptors (Lipinski definition) is 3. The van der Waals surface area contributed by atoms with Gasteiger partial charge >= 0.3 is 0 Å². The summed E-state index contributed by atoms with van der Waals surface area (Å²) in [6, 6.07) is 5.74. The number of Topliss-reactive ketones (excluding diaryl/α,β-unsaturated/α-hetero) is 1. The van der Waals surface area contributed by atoms with Crippen LogP contribution < -0.4 is 4.74 Å². The van der Waals surface area contributed by atoms with Crippen molar-refractivity contribution >= 4 is 21.7 Å². The number of nitrogens with zero attached hydrogens (tertiary/aromatic N) is 1. The average molecular weight is 309 g/mol. The highest BCUT2D eigenvalue weighted by atomic mass is 79.9. The smallest absolute Gasteiger partial charge is 0.137 e. The number of ether oxygens (including phenoxy) is 1. The number of ketones is 1. The molecule has 18 heavy (non-hydrogen) atoms. The molecule has 0 radical (unpaired) electrons. The summed E-state index contributed by atoms with van der Waals surface area (Å²) in [7, 11) is 1.62. The SMILES string of the molecule is COc1ccc(Br)cc1-c1cnc(CC(C)=O)[nH]1. The topological polar surface area (TPSA) is 55.0 Å². The van der Waals surface area contributed by atoms with E-state index in [1.807, 2.05) is 18.2 Å². The van der Waals surface area contributed by atoms with Crippen LogP contribution in [-0.4, -0.2) is 22.9 Å². The Labute approximate surface area is 114 Å². The van der Waals surface area contributed by atoms with Gasteiger partial charge in [0.25, 0.3) is 0 Å². The zero-order valence-corrected chi connectivity index (χ0v) is 11.7. The normalized spacial score (nSPS) is 10.4. The van der Waals surface area contributed by atoms with Crippen molar-refractivity contribution in [2.45, 2.75) is 13.3 Å². The van der Waals surface area contributed by atoms with Crippen LogP contribution in [0.1, 0.15) is 12.7 Å². The lowest BCUT2D eigenvalue weighted by molar-refractivity contribution is -0.116. The Balaban J connectivity index is 2.38. The highest BCUT2D eigenvalue weighted by Crippen LogP contribution is 2.31. The number of H-pyrrole nitrogens is 1. The Morgan fingerprint density at radius 2 is 2.28 bits per heavy atom. The zero-order chi connectivity index (χ0) is 13.1. The highest BCUT2D eigenvalue weighted by molar-refractivity contribution is 9.10. The van der Waals surface area contributed by atoms with Crippen molar-refractivity contribution in [2.24, 2.45) is 0 Å². The summed E-state index contributed by atoms with van der Waals surface area (Å²) >= 11 is 3.43. The summed E-state index contributed by atoms with van der Waals surface area (Å²) in [6.07, 6.45) is 2.03. The fraction of sp³-hybridized carbons (Fsp3) is 0.231. The average Bonchev–Trinajstić information content (AvgIpc) is 2.76. The van der Waals surface area contributed by atoms with Gasteiger partial charge < -0.3 is 9.72 Å². The highest BCUT2D eigenvalue weighted by Gasteiger charge is 2.10. The third-order valence-corrected chi connectivity index (χ3v) is 2.99. The lowest BCUT2D eigenvalue weighted by Gasteiger charge is -2.06. The zero-order valence-electron chi connectivity index (χ0n) is 10.2. The standard InChI is InChI=1S/C13H13BrN2O2/c1-8(17)5-13-15-7-11(16-13)10-6-9(14)3-4-12(10)18-2/h3-4,6-7H,5H2,1-2H3,(H,15,16). The number of aromatic amines is 1. The van der Waals surface area contributed by atoms with Gasteiger partial charge in [0.1, 0.15) is 17.4 Å². The largest absolute Gasteiger partial charge is 0.496 e. The van der Waals surface area contributed by atoms with Crippen LogP contribution in [0.25, 0.3) is 11.3 Å². The molecule has 1 aromatic heterocycles. The van der Waals surface area contributed by atoms with Gasteiger partial charge in [0.2, 0.25) is 0 Å². The molecule has 0 fully saturated rings. The second-order valence-electron chi connectivity index (χ2n) is 3.97. The van der Waals surface area contributed by atoms with Crippen molar-refractivity contribution < 1.29 is 9.53 Å². The molecule has 0 saturated carbocycles. The Morgan fingerprint density at radius 1 is 1.50 bits per heavy atom. The second kappa shape index (κ2) is 5.35. The molecular formula is C13H13BrN2O2. The molecule has 1 heterocycles. The third-order valence-electron chi connectivity index (χ3n) is 2.50. The number of aromatic nitrogens is 2. The van der Waals surface area contributed by atoms with Crippen LogP contribution in [0.4, 0.5) is 0 Å². The molecule has 0 amide bonds. The minimum absolute atomic E-state index is 0.0807. The number of carbonyl (C=O) groups excluding carboxylic acids is 1. The van der Waals surface area contributed by atoms with Crippen molar-refractivity contribution in [3.05, 3.63) is 34.7 Å². The molecule has 0 aliphatic rings. The van der Waals surface area contributed by atoms with Crippen LogP contribution in [0.5, 0.6) is 5.75 Å². The van der Waals surface area contributed by atoms with E-state index in [1.165, 1.54) is 0 Å². The molecule has 2 aromatic rings. The molecule has 0 saturated heterocycles. The van der Waals surface area contributed by atoms with E-state index in [2.05, 4.69) is 25.9 Å². The van der Waals surface area contributed by atoms with Crippen LogP contribution >= 0.6 is 15.9 Å². The quantitative estimate of drug-likeness (QED) is 0.944. The van der Waals surface area contributed by atoms with Crippen molar-refractivity contribution in [1.29, 1.82) is 0 Å². The third kappa shape index (κ3) is 2.79. The van der Waals surface area contributed by atoms with Crippen molar-refractivity contribution in [3.8, 4) is 17.0 Å². The van der Waals surface area contributed by atoms with E-state index in [0.29, 0.717) is 12.2 Å². The summed E-state index contributed by atoms with van der Waals surface area (Å²) < 4.78 is 6.27. The maximum atomic E-state index is 11.0. The summed E-state index contributed by atoms with van der Waals surface area (Å²) in [6.45, 7) is 1.54. The van der Waals surface area contributed by atoms with Crippen molar-refractivity contribution in [1.82, 2.24) is 9.97 Å². The number of carbonyl (C=O) groups is 1. The molecule has 0 atom stereocenters. The minimum atomic E-state index is 0.0807. The Kier molecular flexibility index (Phi) is 3.81. The lowest BCUT2D eigenvalue weighted by Crippen LogP contribution is -1.98. The molecule has 4 nitrogen and oxygen atoms in total. The predicted octanol–water partition coefficient (Wildman–Crippen LogP) is 2.98. The number of benzene rings is 1. The monoisotopic (exact) mass is 308 g/mol. The minimum Gasteiger partial charge on any atom is -0.496 e. The first-order valence-corrected chi connectivity index (χ1v) is 6.26. The number of rotatable bonds is 4. The van der Waals surface area contributed by atoms with E-state index in [4.69, 9.17) is 4.74 Å². The van der Waals surface area contributed by atoms with E-state index in [9.17, 15) is 4.79 Å². The number of halogens is 1. The molecule has 0 aliphatic heterocycles. The van der Waals surface area contributed by atoms with Gasteiger partial charge in [0.15, 0.2) is 0 Å². The van der Waals surface area contributed by atoms with E-state index in [0.717, 1.165) is 21.5 Å². The molecular weight excluding hydrogens is 296 g/mol. The molecule has 1 N–H and O–H groups in total. The fourth-order valence-corrected chi connectivity index (χ4v) is 2.08. The van der Waals surface area contributed by atoms with Gasteiger partial charge in [-0.25, -0.2) is 4.98 Å². The molecule has 5 heteroatoms. The summed E-state index contributed by atoms with van der Waals surface area (Å²) in [5.41, 5.74) is 1.75. The van der Waals surface area contributed by atoms with E-state index in [-0.39, 0.29) is 5.78 Å². The summed E-state index contributed by atoms with van der Waals surface area (Å²) in [5, 5.41) is 0. The lowest BCUT2D eigenvalue weighted by atomic mass is 10.1. The van der Waals surface area contributed by atoms with Gasteiger partial charge in [-0.1, -0.05) is 15.9 Å². The van der Waals surface area contributed by atoms with Crippen molar-refractivity contribution in [2.75, 3.05) is 7.11 Å². The first-order chi connectivity index (χ1) is 8.60. The van der Waals surface area contributed by atoms with Gasteiger partial charge in [-0.05, 0) is 25.1 Å². The molecule has 0 bridgehead atoms. The van der Waals surface area contributed by atoms with E-state index >= 15 is 0 Å².